The summed E-state index contributed by atoms with van der Waals surface area (Å²) in [5.41, 5.74) is 2.64. The topological polar surface area (TPSA) is 44.0 Å². The quantitative estimate of drug-likeness (QED) is 0.701. The van der Waals surface area contributed by atoms with E-state index in [0.29, 0.717) is 5.56 Å². The maximum atomic E-state index is 9.32. The minimum Gasteiger partial charge on any atom is -0.508 e. The second-order valence-electron chi connectivity index (χ2n) is 4.40. The smallest absolute Gasteiger partial charge is 0.115 e. The zero-order chi connectivity index (χ0) is 13.2. The van der Waals surface area contributed by atoms with Crippen LogP contribution in [0.5, 0.6) is 5.75 Å². The Labute approximate surface area is 111 Å². The molecule has 2 nitrogen and oxygen atoms in total. The molecule has 3 aromatic rings. The Hall–Kier alpha value is -2.79. The van der Waals surface area contributed by atoms with Gasteiger partial charge >= 0.3 is 0 Å². The first-order valence-corrected chi connectivity index (χ1v) is 6.00. The lowest BCUT2D eigenvalue weighted by molar-refractivity contribution is 0.475. The van der Waals surface area contributed by atoms with Gasteiger partial charge in [-0.05, 0) is 46.2 Å². The summed E-state index contributed by atoms with van der Waals surface area (Å²) in [5.74, 6) is 0.241. The van der Waals surface area contributed by atoms with Crippen molar-refractivity contribution in [2.45, 2.75) is 0 Å². The minimum atomic E-state index is 0.241. The Bertz CT molecular complexity index is 782. The van der Waals surface area contributed by atoms with E-state index in [1.54, 1.807) is 12.1 Å². The Morgan fingerprint density at radius 2 is 1.58 bits per heavy atom. The number of hydrogen-bond donors (Lipinski definition) is 1. The molecule has 0 aliphatic carbocycles. The fourth-order valence-electron chi connectivity index (χ4n) is 2.22. The second kappa shape index (κ2) is 4.47. The molecular weight excluding hydrogens is 234 g/mol. The number of nitriles is 1. The van der Waals surface area contributed by atoms with E-state index < -0.39 is 0 Å². The summed E-state index contributed by atoms with van der Waals surface area (Å²) in [4.78, 5) is 0. The first-order chi connectivity index (χ1) is 9.28. The van der Waals surface area contributed by atoms with Gasteiger partial charge in [-0.15, -0.1) is 0 Å². The average Bonchev–Trinajstić information content (AvgIpc) is 2.47. The molecule has 0 amide bonds. The van der Waals surface area contributed by atoms with Gasteiger partial charge < -0.3 is 5.11 Å². The van der Waals surface area contributed by atoms with Gasteiger partial charge in [0.15, 0.2) is 0 Å². The summed E-state index contributed by atoms with van der Waals surface area (Å²) < 4.78 is 0. The van der Waals surface area contributed by atoms with E-state index in [1.165, 1.54) is 0 Å². The van der Waals surface area contributed by atoms with Crippen LogP contribution in [0.25, 0.3) is 21.9 Å². The maximum Gasteiger partial charge on any atom is 0.115 e. The fraction of sp³-hybridized carbons (Fsp3) is 0. The molecule has 2 heteroatoms. The van der Waals surface area contributed by atoms with Gasteiger partial charge in [-0.25, -0.2) is 0 Å². The van der Waals surface area contributed by atoms with E-state index in [2.05, 4.69) is 12.1 Å². The number of hydrogen-bond acceptors (Lipinski definition) is 2. The lowest BCUT2D eigenvalue weighted by Crippen LogP contribution is -1.84. The van der Waals surface area contributed by atoms with Crippen molar-refractivity contribution in [3.8, 4) is 22.9 Å². The molecule has 19 heavy (non-hydrogen) atoms. The van der Waals surface area contributed by atoms with Gasteiger partial charge in [-0.1, -0.05) is 36.4 Å². The number of nitrogens with zero attached hydrogens (tertiary/aromatic N) is 1. The Kier molecular flexibility index (Phi) is 2.66. The maximum absolute atomic E-state index is 9.32. The predicted molar refractivity (Wildman–Crippen MR) is 75.8 cm³/mol. The molecule has 0 bridgehead atoms. The molecule has 90 valence electrons. The highest BCUT2D eigenvalue weighted by molar-refractivity contribution is 5.92. The van der Waals surface area contributed by atoms with Gasteiger partial charge in [-0.3, -0.25) is 0 Å². The molecule has 0 aromatic heterocycles. The number of fused-ring (bicyclic) bond motifs is 1. The molecule has 0 heterocycles. The summed E-state index contributed by atoms with van der Waals surface area (Å²) in [5, 5.41) is 20.6. The van der Waals surface area contributed by atoms with Crippen LogP contribution in [0.15, 0.2) is 60.7 Å². The van der Waals surface area contributed by atoms with Crippen molar-refractivity contribution >= 4 is 10.8 Å². The predicted octanol–water partition coefficient (Wildman–Crippen LogP) is 4.08. The molecule has 3 rings (SSSR count). The third-order valence-corrected chi connectivity index (χ3v) is 3.18. The SMILES string of the molecule is N#Cc1cc(-c2ccc(O)cc2)cc2ccccc12. The highest BCUT2D eigenvalue weighted by Gasteiger charge is 2.05. The first-order valence-electron chi connectivity index (χ1n) is 6.00. The standard InChI is InChI=1S/C17H11NO/c18-11-15-10-14(12-5-7-16(19)8-6-12)9-13-3-1-2-4-17(13)15/h1-10,19H. The van der Waals surface area contributed by atoms with E-state index in [4.69, 9.17) is 0 Å². The molecule has 1 N–H and O–H groups in total. The number of aromatic hydroxyl groups is 1. The van der Waals surface area contributed by atoms with Crippen molar-refractivity contribution in [3.05, 3.63) is 66.2 Å². The van der Waals surface area contributed by atoms with E-state index in [9.17, 15) is 10.4 Å². The van der Waals surface area contributed by atoms with Crippen LogP contribution in [0.2, 0.25) is 0 Å². The van der Waals surface area contributed by atoms with Gasteiger partial charge in [0.1, 0.15) is 5.75 Å². The molecule has 3 aromatic carbocycles. The van der Waals surface area contributed by atoms with Crippen molar-refractivity contribution in [1.82, 2.24) is 0 Å². The van der Waals surface area contributed by atoms with Gasteiger partial charge in [0.2, 0.25) is 0 Å². The number of rotatable bonds is 1. The Morgan fingerprint density at radius 3 is 2.32 bits per heavy atom. The molecule has 0 spiro atoms. The molecular formula is C17H11NO. The van der Waals surface area contributed by atoms with Crippen LogP contribution >= 0.6 is 0 Å². The molecule has 0 saturated carbocycles. The van der Waals surface area contributed by atoms with E-state index in [1.807, 2.05) is 42.5 Å². The molecule has 0 aliphatic rings. The van der Waals surface area contributed by atoms with Crippen molar-refractivity contribution in [1.29, 1.82) is 5.26 Å². The number of phenolic OH excluding ortho intramolecular Hbond substituents is 1. The van der Waals surface area contributed by atoms with Crippen LogP contribution in [-0.2, 0) is 0 Å². The highest BCUT2D eigenvalue weighted by atomic mass is 16.3. The Balaban J connectivity index is 2.25. The molecule has 0 aliphatic heterocycles. The summed E-state index contributed by atoms with van der Waals surface area (Å²) in [6, 6.07) is 21.0. The van der Waals surface area contributed by atoms with Crippen LogP contribution in [0.4, 0.5) is 0 Å². The van der Waals surface area contributed by atoms with Gasteiger partial charge in [0.05, 0.1) is 11.6 Å². The Morgan fingerprint density at radius 1 is 0.842 bits per heavy atom. The van der Waals surface area contributed by atoms with Crippen molar-refractivity contribution < 1.29 is 5.11 Å². The van der Waals surface area contributed by atoms with E-state index >= 15 is 0 Å². The van der Waals surface area contributed by atoms with Crippen LogP contribution in [0.3, 0.4) is 0 Å². The fourth-order valence-corrected chi connectivity index (χ4v) is 2.22. The number of benzene rings is 3. The summed E-state index contributed by atoms with van der Waals surface area (Å²) >= 11 is 0. The molecule has 0 fully saturated rings. The van der Waals surface area contributed by atoms with E-state index in [-0.39, 0.29) is 5.75 Å². The van der Waals surface area contributed by atoms with Crippen molar-refractivity contribution in [3.63, 3.8) is 0 Å². The van der Waals surface area contributed by atoms with Crippen LogP contribution < -0.4 is 0 Å². The van der Waals surface area contributed by atoms with Crippen molar-refractivity contribution in [2.75, 3.05) is 0 Å². The number of phenols is 1. The van der Waals surface area contributed by atoms with Crippen LogP contribution in [0.1, 0.15) is 5.56 Å². The highest BCUT2D eigenvalue weighted by Crippen LogP contribution is 2.28. The first kappa shape index (κ1) is 11.3. The lowest BCUT2D eigenvalue weighted by Gasteiger charge is -2.06. The van der Waals surface area contributed by atoms with Crippen LogP contribution in [0, 0.1) is 11.3 Å². The van der Waals surface area contributed by atoms with Crippen molar-refractivity contribution in [2.24, 2.45) is 0 Å². The molecule has 0 atom stereocenters. The summed E-state index contributed by atoms with van der Waals surface area (Å²) in [7, 11) is 0. The van der Waals surface area contributed by atoms with Crippen LogP contribution in [-0.4, -0.2) is 5.11 Å². The molecule has 0 unspecified atom stereocenters. The average molecular weight is 245 g/mol. The summed E-state index contributed by atoms with van der Waals surface area (Å²) in [6.45, 7) is 0. The minimum absolute atomic E-state index is 0.241. The van der Waals surface area contributed by atoms with Gasteiger partial charge in [0.25, 0.3) is 0 Å². The van der Waals surface area contributed by atoms with E-state index in [0.717, 1.165) is 21.9 Å². The zero-order valence-corrected chi connectivity index (χ0v) is 10.2. The lowest BCUT2D eigenvalue weighted by atomic mass is 9.97. The third-order valence-electron chi connectivity index (χ3n) is 3.18. The summed E-state index contributed by atoms with van der Waals surface area (Å²) in [6.07, 6.45) is 0. The zero-order valence-electron chi connectivity index (χ0n) is 10.2. The second-order valence-corrected chi connectivity index (χ2v) is 4.40. The van der Waals surface area contributed by atoms with Gasteiger partial charge in [0, 0.05) is 0 Å². The normalized spacial score (nSPS) is 10.3. The third kappa shape index (κ3) is 2.02. The molecule has 0 radical (unpaired) electrons. The van der Waals surface area contributed by atoms with Gasteiger partial charge in [-0.2, -0.15) is 5.26 Å². The monoisotopic (exact) mass is 245 g/mol. The largest absolute Gasteiger partial charge is 0.508 e. The molecule has 0 saturated heterocycles.